The molecule has 3 rings (SSSR count). The van der Waals surface area contributed by atoms with Crippen molar-refractivity contribution in [3.8, 4) is 0 Å². The van der Waals surface area contributed by atoms with Crippen LogP contribution >= 0.6 is 0 Å². The first-order chi connectivity index (χ1) is 14.5. The number of hydrogen-bond donors (Lipinski definition) is 1. The molecule has 1 atom stereocenters. The number of rotatable bonds is 7. The molecule has 3 aromatic rings. The third-order valence-electron chi connectivity index (χ3n) is 4.27. The average molecular weight is 409 g/mol. The van der Waals surface area contributed by atoms with Crippen LogP contribution in [0, 0.1) is 0 Å². The van der Waals surface area contributed by atoms with E-state index < -0.39 is 35.9 Å². The quantitative estimate of drug-likeness (QED) is 0.593. The molecule has 0 radical (unpaired) electrons. The van der Waals surface area contributed by atoms with E-state index in [0.717, 1.165) is 11.6 Å². The van der Waals surface area contributed by atoms with Crippen molar-refractivity contribution in [2.45, 2.75) is 12.5 Å². The number of ether oxygens (including phenoxy) is 2. The van der Waals surface area contributed by atoms with E-state index in [2.05, 4.69) is 5.32 Å². The van der Waals surface area contributed by atoms with E-state index in [1.54, 1.807) is 24.3 Å². The van der Waals surface area contributed by atoms with Crippen LogP contribution in [-0.4, -0.2) is 37.6 Å². The number of carbonyl (C=O) groups excluding carboxylic acids is 3. The van der Waals surface area contributed by atoms with Crippen molar-refractivity contribution in [1.82, 2.24) is 5.32 Å². The number of amides is 1. The molecule has 0 spiro atoms. The van der Waals surface area contributed by atoms with E-state index in [1.807, 2.05) is 30.3 Å². The van der Waals surface area contributed by atoms with E-state index >= 15 is 0 Å². The van der Waals surface area contributed by atoms with Gasteiger partial charge in [-0.15, -0.1) is 0 Å². The van der Waals surface area contributed by atoms with Gasteiger partial charge in [0, 0.05) is 12.5 Å². The first-order valence-corrected chi connectivity index (χ1v) is 9.09. The van der Waals surface area contributed by atoms with Gasteiger partial charge in [-0.3, -0.25) is 9.59 Å². The Kier molecular flexibility index (Phi) is 6.59. The Morgan fingerprint density at radius 2 is 1.73 bits per heavy atom. The second-order valence-electron chi connectivity index (χ2n) is 6.38. The number of nitrogens with one attached hydrogen (secondary N) is 1. The molecule has 1 amide bonds. The number of fused-ring (bicyclic) bond motifs is 1. The predicted octanol–water partition coefficient (Wildman–Crippen LogP) is 1.85. The summed E-state index contributed by atoms with van der Waals surface area (Å²) >= 11 is 0. The lowest BCUT2D eigenvalue weighted by Gasteiger charge is -2.16. The maximum atomic E-state index is 12.2. The van der Waals surface area contributed by atoms with Gasteiger partial charge < -0.3 is 19.2 Å². The highest BCUT2D eigenvalue weighted by Gasteiger charge is 2.23. The zero-order valence-electron chi connectivity index (χ0n) is 16.1. The van der Waals surface area contributed by atoms with Crippen molar-refractivity contribution >= 4 is 28.8 Å². The molecule has 0 saturated carbocycles. The van der Waals surface area contributed by atoms with Crippen LogP contribution in [0.2, 0.25) is 0 Å². The van der Waals surface area contributed by atoms with E-state index in [0.29, 0.717) is 5.39 Å². The van der Waals surface area contributed by atoms with Gasteiger partial charge in [0.25, 0.3) is 5.91 Å². The first-order valence-electron chi connectivity index (χ1n) is 9.09. The van der Waals surface area contributed by atoms with Crippen molar-refractivity contribution in [2.75, 3.05) is 13.7 Å². The van der Waals surface area contributed by atoms with Gasteiger partial charge in [0.1, 0.15) is 11.6 Å². The molecule has 154 valence electrons. The van der Waals surface area contributed by atoms with Crippen LogP contribution in [0.1, 0.15) is 16.1 Å². The molecular formula is C22H19NO7. The molecule has 0 fully saturated rings. The van der Waals surface area contributed by atoms with Crippen LogP contribution < -0.4 is 10.7 Å². The minimum Gasteiger partial charge on any atom is -0.467 e. The monoisotopic (exact) mass is 409 g/mol. The summed E-state index contributed by atoms with van der Waals surface area (Å²) in [5, 5.41) is 2.81. The maximum Gasteiger partial charge on any atom is 0.374 e. The molecule has 0 unspecified atom stereocenters. The molecule has 1 N–H and O–H groups in total. The standard InChI is InChI=1S/C22H19NO7/c1-28-21(26)16(11-14-7-3-2-4-8-14)23-20(25)13-29-22(27)19-12-17(24)15-9-5-6-10-18(15)30-19/h2-10,12,16H,11,13H2,1H3,(H,23,25)/t16-/m0/s1. The van der Waals surface area contributed by atoms with Crippen LogP contribution in [0.25, 0.3) is 11.0 Å². The van der Waals surface area contributed by atoms with Gasteiger partial charge in [0.05, 0.1) is 12.5 Å². The van der Waals surface area contributed by atoms with E-state index in [1.165, 1.54) is 7.11 Å². The maximum absolute atomic E-state index is 12.2. The fourth-order valence-corrected chi connectivity index (χ4v) is 2.83. The molecule has 0 saturated heterocycles. The summed E-state index contributed by atoms with van der Waals surface area (Å²) in [5.41, 5.74) is 0.653. The number of benzene rings is 2. The topological polar surface area (TPSA) is 112 Å². The molecule has 1 heterocycles. The Morgan fingerprint density at radius 3 is 2.47 bits per heavy atom. The van der Waals surface area contributed by atoms with Crippen molar-refractivity contribution < 1.29 is 28.3 Å². The van der Waals surface area contributed by atoms with Gasteiger partial charge >= 0.3 is 11.9 Å². The van der Waals surface area contributed by atoms with Crippen LogP contribution in [0.5, 0.6) is 0 Å². The summed E-state index contributed by atoms with van der Waals surface area (Å²) in [6.45, 7) is -0.655. The summed E-state index contributed by atoms with van der Waals surface area (Å²) in [4.78, 5) is 48.4. The predicted molar refractivity (Wildman–Crippen MR) is 107 cm³/mol. The molecule has 8 nitrogen and oxygen atoms in total. The summed E-state index contributed by atoms with van der Waals surface area (Å²) < 4.78 is 15.0. The van der Waals surface area contributed by atoms with Crippen LogP contribution in [0.4, 0.5) is 0 Å². The fourth-order valence-electron chi connectivity index (χ4n) is 2.83. The normalized spacial score (nSPS) is 11.5. The molecule has 2 aromatic carbocycles. The third-order valence-corrected chi connectivity index (χ3v) is 4.27. The Bertz CT molecular complexity index is 1120. The van der Waals surface area contributed by atoms with Crippen LogP contribution in [0.3, 0.4) is 0 Å². The second-order valence-corrected chi connectivity index (χ2v) is 6.38. The Hall–Kier alpha value is -3.94. The smallest absolute Gasteiger partial charge is 0.374 e. The van der Waals surface area contributed by atoms with Crippen LogP contribution in [0.15, 0.2) is 69.9 Å². The summed E-state index contributed by atoms with van der Waals surface area (Å²) in [7, 11) is 1.22. The van der Waals surface area contributed by atoms with E-state index in [9.17, 15) is 19.2 Å². The zero-order chi connectivity index (χ0) is 21.5. The van der Waals surface area contributed by atoms with E-state index in [4.69, 9.17) is 13.9 Å². The minimum absolute atomic E-state index is 0.215. The van der Waals surface area contributed by atoms with Crippen molar-refractivity contribution in [3.63, 3.8) is 0 Å². The number of para-hydroxylation sites is 1. The van der Waals surface area contributed by atoms with Gasteiger partial charge in [-0.1, -0.05) is 42.5 Å². The van der Waals surface area contributed by atoms with Gasteiger partial charge in [-0.25, -0.2) is 9.59 Å². The molecule has 0 aliphatic heterocycles. The summed E-state index contributed by atoms with van der Waals surface area (Å²) in [5.74, 6) is -2.61. The van der Waals surface area contributed by atoms with Gasteiger partial charge in [-0.2, -0.15) is 0 Å². The first kappa shape index (κ1) is 20.8. The molecule has 30 heavy (non-hydrogen) atoms. The number of hydrogen-bond acceptors (Lipinski definition) is 7. The lowest BCUT2D eigenvalue weighted by molar-refractivity contribution is -0.145. The number of carbonyl (C=O) groups is 3. The highest BCUT2D eigenvalue weighted by molar-refractivity contribution is 5.91. The van der Waals surface area contributed by atoms with Crippen molar-refractivity contribution in [3.05, 3.63) is 82.2 Å². The number of methoxy groups -OCH3 is 1. The summed E-state index contributed by atoms with van der Waals surface area (Å²) in [6, 6.07) is 15.6. The lowest BCUT2D eigenvalue weighted by atomic mass is 10.1. The minimum atomic E-state index is -0.967. The Morgan fingerprint density at radius 1 is 1.03 bits per heavy atom. The fraction of sp³-hybridized carbons (Fsp3) is 0.182. The Labute approximate surface area is 171 Å². The molecule has 1 aromatic heterocycles. The molecule has 0 aliphatic rings. The molecule has 0 aliphatic carbocycles. The van der Waals surface area contributed by atoms with Crippen molar-refractivity contribution in [2.24, 2.45) is 0 Å². The average Bonchev–Trinajstić information content (AvgIpc) is 2.77. The summed E-state index contributed by atoms with van der Waals surface area (Å²) in [6.07, 6.45) is 0.215. The Balaban J connectivity index is 1.63. The SMILES string of the molecule is COC(=O)[C@H](Cc1ccccc1)NC(=O)COC(=O)c1cc(=O)c2ccccc2o1. The van der Waals surface area contributed by atoms with Gasteiger partial charge in [-0.05, 0) is 17.7 Å². The van der Waals surface area contributed by atoms with Crippen LogP contribution in [-0.2, 0) is 25.5 Å². The largest absolute Gasteiger partial charge is 0.467 e. The van der Waals surface area contributed by atoms with Gasteiger partial charge in [0.2, 0.25) is 5.76 Å². The third kappa shape index (κ3) is 5.11. The number of esters is 2. The molecular weight excluding hydrogens is 390 g/mol. The van der Waals surface area contributed by atoms with Gasteiger partial charge in [0.15, 0.2) is 12.0 Å². The lowest BCUT2D eigenvalue weighted by Crippen LogP contribution is -2.44. The highest BCUT2D eigenvalue weighted by Crippen LogP contribution is 2.12. The zero-order valence-corrected chi connectivity index (χ0v) is 16.1. The van der Waals surface area contributed by atoms with E-state index in [-0.39, 0.29) is 17.8 Å². The molecule has 8 heteroatoms. The molecule has 0 bridgehead atoms. The highest BCUT2D eigenvalue weighted by atomic mass is 16.5. The second kappa shape index (κ2) is 9.51. The van der Waals surface area contributed by atoms with Crippen molar-refractivity contribution in [1.29, 1.82) is 0 Å².